The Labute approximate surface area is 140 Å². The lowest BCUT2D eigenvalue weighted by molar-refractivity contribution is -0.464. The van der Waals surface area contributed by atoms with Gasteiger partial charge in [-0.05, 0) is 26.7 Å². The summed E-state index contributed by atoms with van der Waals surface area (Å²) in [5.41, 5.74) is 11.9. The Kier molecular flexibility index (Phi) is 13.1. The van der Waals surface area contributed by atoms with Crippen molar-refractivity contribution in [2.75, 3.05) is 0 Å². The molecule has 0 amide bonds. The molecule has 0 aromatic heterocycles. The van der Waals surface area contributed by atoms with Gasteiger partial charge < -0.3 is 9.90 Å². The largest absolute Gasteiger partial charge is 0.550 e. The summed E-state index contributed by atoms with van der Waals surface area (Å²) < 4.78 is 0. The van der Waals surface area contributed by atoms with Gasteiger partial charge in [-0.15, -0.1) is 5.10 Å². The highest BCUT2D eigenvalue weighted by Gasteiger charge is 2.13. The SMILES string of the molecule is C/C(=N\[NH+]=C(N)N)C1CCCCCCCCCCC1.CC(=O)[O-]. The van der Waals surface area contributed by atoms with Gasteiger partial charge in [-0.2, -0.15) is 5.10 Å². The third-order valence-corrected chi connectivity index (χ3v) is 4.06. The van der Waals surface area contributed by atoms with Crippen molar-refractivity contribution in [3.63, 3.8) is 0 Å². The molecule has 1 aliphatic rings. The molecule has 0 atom stereocenters. The van der Waals surface area contributed by atoms with Crippen molar-refractivity contribution >= 4 is 17.6 Å². The Balaban J connectivity index is 0.00000108. The zero-order valence-electron chi connectivity index (χ0n) is 14.8. The van der Waals surface area contributed by atoms with Crippen molar-refractivity contribution in [1.82, 2.24) is 0 Å². The van der Waals surface area contributed by atoms with Crippen LogP contribution < -0.4 is 21.7 Å². The second-order valence-corrected chi connectivity index (χ2v) is 6.27. The van der Waals surface area contributed by atoms with E-state index in [1.165, 1.54) is 70.6 Å². The van der Waals surface area contributed by atoms with Crippen LogP contribution in [0.5, 0.6) is 0 Å². The first-order valence-corrected chi connectivity index (χ1v) is 8.79. The molecule has 134 valence electrons. The summed E-state index contributed by atoms with van der Waals surface area (Å²) in [5, 5.41) is 15.9. The van der Waals surface area contributed by atoms with Gasteiger partial charge >= 0.3 is 5.96 Å². The van der Waals surface area contributed by atoms with Crippen LogP contribution in [0.2, 0.25) is 0 Å². The summed E-state index contributed by atoms with van der Waals surface area (Å²) >= 11 is 0. The number of carbonyl (C=O) groups is 1. The van der Waals surface area contributed by atoms with Crippen molar-refractivity contribution in [2.24, 2.45) is 22.5 Å². The quantitative estimate of drug-likeness (QED) is 0.386. The maximum atomic E-state index is 8.89. The van der Waals surface area contributed by atoms with E-state index in [0.29, 0.717) is 5.92 Å². The van der Waals surface area contributed by atoms with Crippen molar-refractivity contribution in [1.29, 1.82) is 0 Å². The van der Waals surface area contributed by atoms with Crippen molar-refractivity contribution in [3.8, 4) is 0 Å². The van der Waals surface area contributed by atoms with Gasteiger partial charge in [0.05, 0.1) is 5.71 Å². The molecule has 0 bridgehead atoms. The molecule has 0 saturated heterocycles. The Hall–Kier alpha value is -1.59. The van der Waals surface area contributed by atoms with E-state index in [1.807, 2.05) is 0 Å². The fraction of sp³-hybridized carbons (Fsp3) is 0.824. The van der Waals surface area contributed by atoms with E-state index >= 15 is 0 Å². The van der Waals surface area contributed by atoms with Crippen LogP contribution >= 0.6 is 0 Å². The predicted molar refractivity (Wildman–Crippen MR) is 92.4 cm³/mol. The van der Waals surface area contributed by atoms with E-state index in [0.717, 1.165) is 12.6 Å². The van der Waals surface area contributed by atoms with E-state index in [9.17, 15) is 0 Å². The zero-order chi connectivity index (χ0) is 17.5. The number of aliphatic carboxylic acids is 1. The molecule has 0 aliphatic heterocycles. The molecule has 0 unspecified atom stereocenters. The number of rotatable bonds is 2. The van der Waals surface area contributed by atoms with Gasteiger partial charge in [0.2, 0.25) is 0 Å². The van der Waals surface area contributed by atoms with Gasteiger partial charge in [0.25, 0.3) is 0 Å². The molecule has 6 heteroatoms. The van der Waals surface area contributed by atoms with E-state index < -0.39 is 5.97 Å². The van der Waals surface area contributed by atoms with Crippen LogP contribution in [0, 0.1) is 5.92 Å². The lowest BCUT2D eigenvalue weighted by Crippen LogP contribution is -2.73. The number of carboxylic acids is 1. The number of guanidine groups is 1. The number of hydrogen-bond donors (Lipinski definition) is 3. The molecule has 1 aliphatic carbocycles. The molecule has 0 heterocycles. The lowest BCUT2D eigenvalue weighted by Gasteiger charge is -2.16. The maximum Gasteiger partial charge on any atom is 0.362 e. The smallest absolute Gasteiger partial charge is 0.362 e. The molecule has 1 rings (SSSR count). The summed E-state index contributed by atoms with van der Waals surface area (Å²) in [4.78, 5) is 8.89. The van der Waals surface area contributed by atoms with Crippen molar-refractivity contribution in [2.45, 2.75) is 84.5 Å². The average molecular weight is 326 g/mol. The van der Waals surface area contributed by atoms with Crippen LogP contribution in [0.25, 0.3) is 0 Å². The lowest BCUT2D eigenvalue weighted by atomic mass is 9.90. The summed E-state index contributed by atoms with van der Waals surface area (Å²) in [7, 11) is 0. The molecule has 0 aromatic carbocycles. The van der Waals surface area contributed by atoms with Crippen LogP contribution in [0.1, 0.15) is 84.5 Å². The highest BCUT2D eigenvalue weighted by molar-refractivity contribution is 5.83. The molecular weight excluding hydrogens is 292 g/mol. The van der Waals surface area contributed by atoms with Crippen LogP contribution in [0.15, 0.2) is 5.10 Å². The third kappa shape index (κ3) is 15.1. The Morgan fingerprint density at radius 3 is 1.61 bits per heavy atom. The molecule has 23 heavy (non-hydrogen) atoms. The number of nitrogens with two attached hydrogens (primary N) is 2. The van der Waals surface area contributed by atoms with Crippen molar-refractivity contribution in [3.05, 3.63) is 0 Å². The molecule has 6 nitrogen and oxygen atoms in total. The first-order valence-electron chi connectivity index (χ1n) is 8.79. The molecular formula is C17H34N4O2. The first kappa shape index (κ1) is 21.4. The van der Waals surface area contributed by atoms with E-state index in [2.05, 4.69) is 17.1 Å². The number of carbonyl (C=O) groups excluding carboxylic acids is 1. The summed E-state index contributed by atoms with van der Waals surface area (Å²) in [5.74, 6) is -0.321. The number of nitrogens with one attached hydrogen (secondary N) is 1. The van der Waals surface area contributed by atoms with Gasteiger partial charge in [-0.25, -0.2) is 0 Å². The molecule has 0 spiro atoms. The van der Waals surface area contributed by atoms with Gasteiger partial charge in [0.15, 0.2) is 0 Å². The summed E-state index contributed by atoms with van der Waals surface area (Å²) in [6.07, 6.45) is 14.9. The summed E-state index contributed by atoms with van der Waals surface area (Å²) in [6.45, 7) is 3.06. The molecule has 0 radical (unpaired) electrons. The number of carboxylic acid groups (broad SMARTS) is 1. The number of hydrogen-bond acceptors (Lipinski definition) is 3. The Morgan fingerprint density at radius 1 is 0.913 bits per heavy atom. The second kappa shape index (κ2) is 14.0. The molecule has 1 fully saturated rings. The minimum atomic E-state index is -1.08. The van der Waals surface area contributed by atoms with Crippen LogP contribution in [-0.2, 0) is 4.79 Å². The van der Waals surface area contributed by atoms with Crippen LogP contribution in [0.3, 0.4) is 0 Å². The highest BCUT2D eigenvalue weighted by Crippen LogP contribution is 2.21. The van der Waals surface area contributed by atoms with Crippen LogP contribution in [-0.4, -0.2) is 17.6 Å². The topological polar surface area (TPSA) is 118 Å². The fourth-order valence-electron chi connectivity index (χ4n) is 2.83. The van der Waals surface area contributed by atoms with Gasteiger partial charge in [-0.1, -0.05) is 57.8 Å². The highest BCUT2D eigenvalue weighted by atomic mass is 16.4. The minimum absolute atomic E-state index is 0.174. The molecule has 0 aromatic rings. The monoisotopic (exact) mass is 326 g/mol. The predicted octanol–water partition coefficient (Wildman–Crippen LogP) is 0.393. The van der Waals surface area contributed by atoms with Gasteiger partial charge in [0, 0.05) is 11.9 Å². The molecule has 1 saturated carbocycles. The van der Waals surface area contributed by atoms with E-state index in [1.54, 1.807) is 0 Å². The fourth-order valence-corrected chi connectivity index (χ4v) is 2.83. The number of nitrogens with zero attached hydrogens (tertiary/aromatic N) is 1. The normalized spacial score (nSPS) is 18.6. The zero-order valence-corrected chi connectivity index (χ0v) is 14.8. The number of hydrazone groups is 1. The van der Waals surface area contributed by atoms with E-state index in [-0.39, 0.29) is 5.96 Å². The van der Waals surface area contributed by atoms with E-state index in [4.69, 9.17) is 21.4 Å². The minimum Gasteiger partial charge on any atom is -0.550 e. The van der Waals surface area contributed by atoms with Crippen LogP contribution in [0.4, 0.5) is 0 Å². The van der Waals surface area contributed by atoms with Crippen molar-refractivity contribution < 1.29 is 15.0 Å². The summed E-state index contributed by atoms with van der Waals surface area (Å²) in [6, 6.07) is 0. The first-order chi connectivity index (χ1) is 10.9. The van der Waals surface area contributed by atoms with Gasteiger partial charge in [-0.3, -0.25) is 11.5 Å². The maximum absolute atomic E-state index is 8.89. The second-order valence-electron chi connectivity index (χ2n) is 6.27. The third-order valence-electron chi connectivity index (χ3n) is 4.06. The average Bonchev–Trinajstić information content (AvgIpc) is 2.44. The Morgan fingerprint density at radius 2 is 1.26 bits per heavy atom. The molecule has 5 N–H and O–H groups in total. The van der Waals surface area contributed by atoms with Gasteiger partial charge in [0.1, 0.15) is 0 Å². The Bertz CT molecular complexity index is 361. The standard InChI is InChI=1S/C15H30N4.C2H4O2/c1-13(18-19-15(16)17)14-11-9-7-5-3-2-4-6-8-10-12-14;1-2(3)4/h14H,2-12H2,1H3,(H4,16,17,19);1H3,(H,3,4)/b18-13+;.